The lowest BCUT2D eigenvalue weighted by atomic mass is 10.1. The summed E-state index contributed by atoms with van der Waals surface area (Å²) in [6, 6.07) is 6.55. The minimum atomic E-state index is 0.992. The van der Waals surface area contributed by atoms with E-state index in [9.17, 15) is 0 Å². The fourth-order valence-corrected chi connectivity index (χ4v) is 2.55. The van der Waals surface area contributed by atoms with Gasteiger partial charge in [-0.05, 0) is 30.7 Å². The Morgan fingerprint density at radius 2 is 1.88 bits per heavy atom. The van der Waals surface area contributed by atoms with Gasteiger partial charge in [0, 0.05) is 5.56 Å². The van der Waals surface area contributed by atoms with Crippen molar-refractivity contribution in [2.24, 2.45) is 0 Å². The van der Waals surface area contributed by atoms with E-state index >= 15 is 0 Å². The number of ether oxygens (including phenoxy) is 1. The van der Waals surface area contributed by atoms with Crippen LogP contribution in [0.1, 0.15) is 11.1 Å². The van der Waals surface area contributed by atoms with Gasteiger partial charge >= 0.3 is 0 Å². The predicted octanol–water partition coefficient (Wildman–Crippen LogP) is -1.08. The molecule has 1 aromatic carbocycles. The summed E-state index contributed by atoms with van der Waals surface area (Å²) in [6.07, 6.45) is 0. The van der Waals surface area contributed by atoms with Crippen LogP contribution in [0.5, 0.6) is 5.75 Å². The molecular formula is C14H24N2O+2. The summed E-state index contributed by atoms with van der Waals surface area (Å²) in [6.45, 7) is 8.44. The van der Waals surface area contributed by atoms with E-state index in [1.54, 1.807) is 16.9 Å². The average Bonchev–Trinajstić information content (AvgIpc) is 2.32. The molecule has 1 aliphatic rings. The third-order valence-corrected chi connectivity index (χ3v) is 3.72. The largest absolute Gasteiger partial charge is 0.496 e. The first-order valence-electron chi connectivity index (χ1n) is 6.47. The van der Waals surface area contributed by atoms with Gasteiger partial charge in [0.15, 0.2) is 0 Å². The molecule has 0 spiro atoms. The lowest BCUT2D eigenvalue weighted by Gasteiger charge is -2.27. The van der Waals surface area contributed by atoms with Gasteiger partial charge in [0.25, 0.3) is 0 Å². The van der Waals surface area contributed by atoms with Crippen molar-refractivity contribution in [2.75, 3.05) is 40.3 Å². The Morgan fingerprint density at radius 1 is 1.18 bits per heavy atom. The molecule has 1 fully saturated rings. The average molecular weight is 236 g/mol. The molecule has 3 nitrogen and oxygen atoms in total. The highest BCUT2D eigenvalue weighted by Crippen LogP contribution is 2.17. The zero-order chi connectivity index (χ0) is 12.3. The fraction of sp³-hybridized carbons (Fsp3) is 0.571. The number of likely N-dealkylation sites (N-methyl/N-ethyl adjacent to an activating group) is 1. The van der Waals surface area contributed by atoms with Crippen LogP contribution in [0.3, 0.4) is 0 Å². The minimum Gasteiger partial charge on any atom is -0.496 e. The van der Waals surface area contributed by atoms with E-state index < -0.39 is 0 Å². The molecular weight excluding hydrogens is 212 g/mol. The van der Waals surface area contributed by atoms with E-state index in [1.807, 2.05) is 0 Å². The molecule has 0 atom stereocenters. The fourth-order valence-electron chi connectivity index (χ4n) is 2.55. The van der Waals surface area contributed by atoms with E-state index in [0.29, 0.717) is 0 Å². The first kappa shape index (κ1) is 12.4. The Bertz CT molecular complexity index is 370. The van der Waals surface area contributed by atoms with Crippen molar-refractivity contribution in [3.63, 3.8) is 0 Å². The molecule has 17 heavy (non-hydrogen) atoms. The molecule has 2 N–H and O–H groups in total. The summed E-state index contributed by atoms with van der Waals surface area (Å²) >= 11 is 0. The zero-order valence-electron chi connectivity index (χ0n) is 11.2. The van der Waals surface area contributed by atoms with Gasteiger partial charge in [-0.3, -0.25) is 0 Å². The number of nitrogens with one attached hydrogen (secondary N) is 2. The topological polar surface area (TPSA) is 18.1 Å². The summed E-state index contributed by atoms with van der Waals surface area (Å²) < 4.78 is 5.29. The number of quaternary nitrogens is 2. The minimum absolute atomic E-state index is 0.992. The molecule has 1 aromatic rings. The number of rotatable bonds is 3. The Labute approximate surface area is 104 Å². The van der Waals surface area contributed by atoms with Gasteiger partial charge in [-0.15, -0.1) is 0 Å². The van der Waals surface area contributed by atoms with Crippen LogP contribution in [0.25, 0.3) is 0 Å². The first-order valence-corrected chi connectivity index (χ1v) is 6.47. The third kappa shape index (κ3) is 3.20. The Morgan fingerprint density at radius 3 is 2.47 bits per heavy atom. The van der Waals surface area contributed by atoms with Crippen LogP contribution in [-0.2, 0) is 6.54 Å². The molecule has 1 saturated heterocycles. The van der Waals surface area contributed by atoms with Crippen LogP contribution in [0.2, 0.25) is 0 Å². The summed E-state index contributed by atoms with van der Waals surface area (Å²) in [5.41, 5.74) is 2.67. The number of hydrogen-bond acceptors (Lipinski definition) is 1. The second kappa shape index (κ2) is 5.52. The van der Waals surface area contributed by atoms with Crippen LogP contribution in [0.15, 0.2) is 18.2 Å². The molecule has 0 bridgehead atoms. The van der Waals surface area contributed by atoms with E-state index in [2.05, 4.69) is 32.2 Å². The van der Waals surface area contributed by atoms with Crippen molar-refractivity contribution in [2.45, 2.75) is 13.5 Å². The maximum absolute atomic E-state index is 5.29. The third-order valence-electron chi connectivity index (χ3n) is 3.72. The van der Waals surface area contributed by atoms with Gasteiger partial charge in [-0.2, -0.15) is 0 Å². The molecule has 1 aliphatic heterocycles. The molecule has 0 amide bonds. The SMILES string of the molecule is COc1ccc(C[NH+]2CC[NH+](C)CC2)cc1C. The summed E-state index contributed by atoms with van der Waals surface area (Å²) in [4.78, 5) is 3.37. The number of methoxy groups -OCH3 is 1. The molecule has 0 aromatic heterocycles. The monoisotopic (exact) mass is 236 g/mol. The molecule has 0 saturated carbocycles. The van der Waals surface area contributed by atoms with Crippen molar-refractivity contribution in [1.82, 2.24) is 0 Å². The highest BCUT2D eigenvalue weighted by molar-refractivity contribution is 5.35. The predicted molar refractivity (Wildman–Crippen MR) is 68.8 cm³/mol. The van der Waals surface area contributed by atoms with E-state index in [4.69, 9.17) is 4.74 Å². The lowest BCUT2D eigenvalue weighted by molar-refractivity contribution is -1.01. The van der Waals surface area contributed by atoms with E-state index in [-0.39, 0.29) is 0 Å². The van der Waals surface area contributed by atoms with Crippen molar-refractivity contribution in [3.8, 4) is 5.75 Å². The van der Waals surface area contributed by atoms with E-state index in [0.717, 1.165) is 12.3 Å². The summed E-state index contributed by atoms with van der Waals surface area (Å²) in [5.74, 6) is 0.992. The summed E-state index contributed by atoms with van der Waals surface area (Å²) in [5, 5.41) is 0. The number of hydrogen-bond donors (Lipinski definition) is 2. The second-order valence-corrected chi connectivity index (χ2v) is 5.19. The number of piperazine rings is 1. The van der Waals surface area contributed by atoms with Gasteiger partial charge in [-0.25, -0.2) is 0 Å². The van der Waals surface area contributed by atoms with Gasteiger partial charge < -0.3 is 14.5 Å². The molecule has 0 aliphatic carbocycles. The van der Waals surface area contributed by atoms with Crippen LogP contribution >= 0.6 is 0 Å². The van der Waals surface area contributed by atoms with Gasteiger partial charge in [0.05, 0.1) is 14.2 Å². The molecule has 3 heteroatoms. The quantitative estimate of drug-likeness (QED) is 0.683. The highest BCUT2D eigenvalue weighted by Gasteiger charge is 2.19. The smallest absolute Gasteiger partial charge is 0.127 e. The lowest BCUT2D eigenvalue weighted by Crippen LogP contribution is -3.26. The van der Waals surface area contributed by atoms with Gasteiger partial charge in [0.2, 0.25) is 0 Å². The Balaban J connectivity index is 1.97. The van der Waals surface area contributed by atoms with E-state index in [1.165, 1.54) is 37.3 Å². The molecule has 0 radical (unpaired) electrons. The molecule has 1 heterocycles. The maximum atomic E-state index is 5.29. The zero-order valence-corrected chi connectivity index (χ0v) is 11.2. The Kier molecular flexibility index (Phi) is 4.02. The first-order chi connectivity index (χ1) is 8.19. The summed E-state index contributed by atoms with van der Waals surface area (Å²) in [7, 11) is 4.02. The van der Waals surface area contributed by atoms with Crippen molar-refractivity contribution >= 4 is 0 Å². The van der Waals surface area contributed by atoms with Crippen molar-refractivity contribution in [3.05, 3.63) is 29.3 Å². The standard InChI is InChI=1S/C14H22N2O/c1-12-10-13(4-5-14(12)17-3)11-16-8-6-15(2)7-9-16/h4-5,10H,6-9,11H2,1-3H3/p+2. The maximum Gasteiger partial charge on any atom is 0.127 e. The van der Waals surface area contributed by atoms with Crippen LogP contribution in [0.4, 0.5) is 0 Å². The van der Waals surface area contributed by atoms with Gasteiger partial charge in [0.1, 0.15) is 38.5 Å². The van der Waals surface area contributed by atoms with Crippen LogP contribution in [-0.4, -0.2) is 40.3 Å². The second-order valence-electron chi connectivity index (χ2n) is 5.19. The normalized spacial score (nSPS) is 24.6. The molecule has 94 valence electrons. The van der Waals surface area contributed by atoms with Crippen molar-refractivity contribution in [1.29, 1.82) is 0 Å². The van der Waals surface area contributed by atoms with Crippen LogP contribution in [0, 0.1) is 6.92 Å². The van der Waals surface area contributed by atoms with Crippen LogP contribution < -0.4 is 14.5 Å². The number of benzene rings is 1. The Hall–Kier alpha value is -1.06. The van der Waals surface area contributed by atoms with Crippen molar-refractivity contribution < 1.29 is 14.5 Å². The highest BCUT2D eigenvalue weighted by atomic mass is 16.5. The molecule has 2 rings (SSSR count). The molecule has 0 unspecified atom stereocenters. The number of aryl methyl sites for hydroxylation is 1. The van der Waals surface area contributed by atoms with Gasteiger partial charge in [-0.1, -0.05) is 0 Å².